The van der Waals surface area contributed by atoms with Gasteiger partial charge < -0.3 is 4.98 Å². The fraction of sp³-hybridized carbons (Fsp3) is 0.143. The third kappa shape index (κ3) is 0.952. The molecule has 0 fully saturated rings. The van der Waals surface area contributed by atoms with E-state index >= 15 is 0 Å². The van der Waals surface area contributed by atoms with Crippen molar-refractivity contribution < 1.29 is 4.79 Å². The lowest BCUT2D eigenvalue weighted by molar-refractivity contribution is 0.101. The summed E-state index contributed by atoms with van der Waals surface area (Å²) in [6.07, 6.45) is 0. The van der Waals surface area contributed by atoms with E-state index in [0.29, 0.717) is 5.69 Å². The molecule has 0 aliphatic rings. The van der Waals surface area contributed by atoms with Crippen LogP contribution in [0.5, 0.6) is 0 Å². The van der Waals surface area contributed by atoms with Gasteiger partial charge in [-0.1, -0.05) is 0 Å². The Balaban J connectivity index is 2.67. The standard InChI is InChI=1S/C7H6N2OS/c1-4(10)5-2-6-7(9-5)8-3-11-6/h2-3,9H,1H3. The van der Waals surface area contributed by atoms with Crippen LogP contribution in [0.15, 0.2) is 11.6 Å². The third-order valence-corrected chi connectivity index (χ3v) is 2.28. The summed E-state index contributed by atoms with van der Waals surface area (Å²) in [4.78, 5) is 17.8. The average molecular weight is 166 g/mol. The monoisotopic (exact) mass is 166 g/mol. The summed E-state index contributed by atoms with van der Waals surface area (Å²) < 4.78 is 1.04. The van der Waals surface area contributed by atoms with Crippen molar-refractivity contribution in [2.45, 2.75) is 6.92 Å². The highest BCUT2D eigenvalue weighted by molar-refractivity contribution is 7.16. The minimum atomic E-state index is 0.0511. The molecule has 4 heteroatoms. The van der Waals surface area contributed by atoms with Crippen LogP contribution in [0.4, 0.5) is 0 Å². The number of nitrogens with one attached hydrogen (secondary N) is 1. The molecule has 0 saturated carbocycles. The predicted molar refractivity (Wildman–Crippen MR) is 44.0 cm³/mol. The van der Waals surface area contributed by atoms with E-state index in [4.69, 9.17) is 0 Å². The normalized spacial score (nSPS) is 10.6. The van der Waals surface area contributed by atoms with Gasteiger partial charge in [0.25, 0.3) is 0 Å². The fourth-order valence-corrected chi connectivity index (χ4v) is 1.61. The first-order chi connectivity index (χ1) is 5.27. The number of fused-ring (bicyclic) bond motifs is 1. The van der Waals surface area contributed by atoms with Crippen LogP contribution in [0.3, 0.4) is 0 Å². The molecule has 2 aromatic heterocycles. The molecule has 2 aromatic rings. The molecule has 0 aromatic carbocycles. The van der Waals surface area contributed by atoms with Crippen LogP contribution in [0.1, 0.15) is 17.4 Å². The first-order valence-corrected chi connectivity index (χ1v) is 4.08. The molecule has 0 atom stereocenters. The summed E-state index contributed by atoms with van der Waals surface area (Å²) in [5, 5.41) is 0. The number of hydrogen-bond acceptors (Lipinski definition) is 3. The van der Waals surface area contributed by atoms with E-state index in [9.17, 15) is 4.79 Å². The molecule has 0 radical (unpaired) electrons. The highest BCUT2D eigenvalue weighted by Gasteiger charge is 2.05. The van der Waals surface area contributed by atoms with E-state index in [-0.39, 0.29) is 5.78 Å². The van der Waals surface area contributed by atoms with Crippen LogP contribution in [0.2, 0.25) is 0 Å². The molecule has 0 aliphatic heterocycles. The molecule has 0 saturated heterocycles. The van der Waals surface area contributed by atoms with Crippen LogP contribution >= 0.6 is 11.3 Å². The van der Waals surface area contributed by atoms with Gasteiger partial charge in [-0.05, 0) is 6.07 Å². The quantitative estimate of drug-likeness (QED) is 0.657. The number of aromatic nitrogens is 2. The number of rotatable bonds is 1. The Labute approximate surface area is 67.1 Å². The molecule has 2 rings (SSSR count). The van der Waals surface area contributed by atoms with E-state index in [2.05, 4.69) is 9.97 Å². The number of nitrogens with zero attached hydrogens (tertiary/aromatic N) is 1. The molecular formula is C7H6N2OS. The molecule has 0 amide bonds. The maximum absolute atomic E-state index is 10.9. The smallest absolute Gasteiger partial charge is 0.176 e. The van der Waals surface area contributed by atoms with Gasteiger partial charge in [0.15, 0.2) is 5.78 Å². The Morgan fingerprint density at radius 1 is 1.73 bits per heavy atom. The van der Waals surface area contributed by atoms with Crippen molar-refractivity contribution in [1.82, 2.24) is 9.97 Å². The molecule has 0 bridgehead atoms. The second-order valence-corrected chi connectivity index (χ2v) is 3.19. The molecular weight excluding hydrogens is 160 g/mol. The number of Topliss-reactive ketones (excluding diaryl/α,β-unsaturated/α-hetero) is 1. The third-order valence-electron chi connectivity index (χ3n) is 1.50. The van der Waals surface area contributed by atoms with E-state index in [1.54, 1.807) is 5.51 Å². The topological polar surface area (TPSA) is 45.8 Å². The van der Waals surface area contributed by atoms with Crippen molar-refractivity contribution >= 4 is 27.5 Å². The minimum Gasteiger partial charge on any atom is -0.336 e. The molecule has 0 spiro atoms. The SMILES string of the molecule is CC(=O)c1cc2scnc2[nH]1. The number of carbonyl (C=O) groups excluding carboxylic acids is 1. The Morgan fingerprint density at radius 2 is 2.55 bits per heavy atom. The second kappa shape index (κ2) is 2.17. The van der Waals surface area contributed by atoms with Crippen LogP contribution in [0.25, 0.3) is 10.3 Å². The van der Waals surface area contributed by atoms with Gasteiger partial charge in [-0.2, -0.15) is 0 Å². The zero-order valence-corrected chi connectivity index (χ0v) is 6.73. The van der Waals surface area contributed by atoms with E-state index in [1.165, 1.54) is 18.3 Å². The molecule has 0 aliphatic carbocycles. The summed E-state index contributed by atoms with van der Waals surface area (Å²) >= 11 is 1.53. The van der Waals surface area contributed by atoms with Gasteiger partial charge in [0.05, 0.1) is 15.9 Å². The van der Waals surface area contributed by atoms with Crippen LogP contribution in [-0.4, -0.2) is 15.8 Å². The number of hydrogen-bond donors (Lipinski definition) is 1. The van der Waals surface area contributed by atoms with Gasteiger partial charge in [0.1, 0.15) is 5.65 Å². The summed E-state index contributed by atoms with van der Waals surface area (Å²) in [6, 6.07) is 1.83. The Morgan fingerprint density at radius 3 is 3.18 bits per heavy atom. The molecule has 56 valence electrons. The largest absolute Gasteiger partial charge is 0.336 e. The summed E-state index contributed by atoms with van der Waals surface area (Å²) in [5.74, 6) is 0.0511. The molecule has 0 unspecified atom stereocenters. The fourth-order valence-electron chi connectivity index (χ4n) is 0.936. The highest BCUT2D eigenvalue weighted by atomic mass is 32.1. The first kappa shape index (κ1) is 6.54. The second-order valence-electron chi connectivity index (χ2n) is 2.30. The van der Waals surface area contributed by atoms with Crippen LogP contribution in [0, 0.1) is 0 Å². The van der Waals surface area contributed by atoms with Crippen molar-refractivity contribution in [3.63, 3.8) is 0 Å². The summed E-state index contributed by atoms with van der Waals surface area (Å²) in [5.41, 5.74) is 3.20. The van der Waals surface area contributed by atoms with Crippen molar-refractivity contribution in [3.05, 3.63) is 17.3 Å². The number of carbonyl (C=O) groups is 1. The zero-order valence-electron chi connectivity index (χ0n) is 5.92. The number of aromatic amines is 1. The first-order valence-electron chi connectivity index (χ1n) is 3.20. The molecule has 11 heavy (non-hydrogen) atoms. The Hall–Kier alpha value is -1.16. The maximum atomic E-state index is 10.9. The highest BCUT2D eigenvalue weighted by Crippen LogP contribution is 2.18. The molecule has 3 nitrogen and oxygen atoms in total. The Bertz CT molecular complexity index is 373. The molecule has 2 heterocycles. The number of thiazole rings is 1. The Kier molecular flexibility index (Phi) is 1.29. The maximum Gasteiger partial charge on any atom is 0.176 e. The summed E-state index contributed by atoms with van der Waals surface area (Å²) in [7, 11) is 0. The van der Waals surface area contributed by atoms with Gasteiger partial charge in [0, 0.05) is 6.92 Å². The van der Waals surface area contributed by atoms with E-state index in [1.807, 2.05) is 6.07 Å². The van der Waals surface area contributed by atoms with Crippen molar-refractivity contribution in [2.24, 2.45) is 0 Å². The van der Waals surface area contributed by atoms with E-state index in [0.717, 1.165) is 10.3 Å². The number of H-pyrrole nitrogens is 1. The van der Waals surface area contributed by atoms with Crippen molar-refractivity contribution in [2.75, 3.05) is 0 Å². The van der Waals surface area contributed by atoms with Gasteiger partial charge in [-0.3, -0.25) is 4.79 Å². The lowest BCUT2D eigenvalue weighted by Crippen LogP contribution is -1.90. The van der Waals surface area contributed by atoms with Gasteiger partial charge >= 0.3 is 0 Å². The number of ketones is 1. The predicted octanol–water partition coefficient (Wildman–Crippen LogP) is 1.83. The van der Waals surface area contributed by atoms with Gasteiger partial charge in [0.2, 0.25) is 0 Å². The van der Waals surface area contributed by atoms with Crippen molar-refractivity contribution in [3.8, 4) is 0 Å². The van der Waals surface area contributed by atoms with Crippen molar-refractivity contribution in [1.29, 1.82) is 0 Å². The lowest BCUT2D eigenvalue weighted by atomic mass is 10.3. The van der Waals surface area contributed by atoms with Crippen LogP contribution in [-0.2, 0) is 0 Å². The molecule has 1 N–H and O–H groups in total. The van der Waals surface area contributed by atoms with Gasteiger partial charge in [-0.15, -0.1) is 11.3 Å². The average Bonchev–Trinajstić information content (AvgIpc) is 2.40. The lowest BCUT2D eigenvalue weighted by Gasteiger charge is -1.83. The zero-order chi connectivity index (χ0) is 7.84. The summed E-state index contributed by atoms with van der Waals surface area (Å²) in [6.45, 7) is 1.54. The minimum absolute atomic E-state index is 0.0511. The van der Waals surface area contributed by atoms with Crippen LogP contribution < -0.4 is 0 Å². The van der Waals surface area contributed by atoms with Gasteiger partial charge in [-0.25, -0.2) is 4.98 Å². The van der Waals surface area contributed by atoms with E-state index < -0.39 is 0 Å².